The topological polar surface area (TPSA) is 76.6 Å². The fourth-order valence-electron chi connectivity index (χ4n) is 4.39. The molecule has 0 radical (unpaired) electrons. The first-order valence-electron chi connectivity index (χ1n) is 10.0. The minimum Gasteiger partial charge on any atom is -0.460 e. The average Bonchev–Trinajstić information content (AvgIpc) is 3.02. The van der Waals surface area contributed by atoms with E-state index in [-0.39, 0.29) is 17.5 Å². The number of likely N-dealkylation sites (tertiary alicyclic amines) is 1. The third-order valence-corrected chi connectivity index (χ3v) is 6.28. The van der Waals surface area contributed by atoms with Crippen LogP contribution in [-0.2, 0) is 17.6 Å². The number of anilines is 1. The van der Waals surface area contributed by atoms with Crippen LogP contribution in [0.4, 0.5) is 10.3 Å². The molecule has 2 unspecified atom stereocenters. The molecule has 2 aliphatic heterocycles. The van der Waals surface area contributed by atoms with Crippen molar-refractivity contribution in [2.24, 2.45) is 0 Å². The quantitative estimate of drug-likeness (QED) is 0.782. The first-order chi connectivity index (χ1) is 14.4. The highest BCUT2D eigenvalue weighted by Gasteiger charge is 2.53. The van der Waals surface area contributed by atoms with Crippen LogP contribution in [0.1, 0.15) is 34.8 Å². The molecule has 2 fully saturated rings. The lowest BCUT2D eigenvalue weighted by Crippen LogP contribution is -2.72. The molecule has 158 valence electrons. The van der Waals surface area contributed by atoms with Gasteiger partial charge in [0.15, 0.2) is 0 Å². The number of alkyl halides is 1. The molecule has 30 heavy (non-hydrogen) atoms. The molecular weight excluding hydrogens is 411 g/mol. The minimum absolute atomic E-state index is 0.0306. The first kappa shape index (κ1) is 19.5. The van der Waals surface area contributed by atoms with Crippen LogP contribution >= 0.6 is 11.6 Å². The third kappa shape index (κ3) is 3.37. The van der Waals surface area contributed by atoms with Gasteiger partial charge in [-0.05, 0) is 42.5 Å². The first-order valence-corrected chi connectivity index (χ1v) is 10.4. The Morgan fingerprint density at radius 2 is 2.13 bits per heavy atom. The summed E-state index contributed by atoms with van der Waals surface area (Å²) in [4.78, 5) is 23.2. The van der Waals surface area contributed by atoms with E-state index in [0.29, 0.717) is 48.3 Å². The number of aromatic nitrogens is 2. The van der Waals surface area contributed by atoms with E-state index in [2.05, 4.69) is 15.3 Å². The lowest BCUT2D eigenvalue weighted by atomic mass is 9.82. The zero-order valence-electron chi connectivity index (χ0n) is 16.5. The van der Waals surface area contributed by atoms with Gasteiger partial charge in [-0.2, -0.15) is 0 Å². The number of carbonyl (C=O) groups is 1. The molecule has 9 heteroatoms. The number of hydrogen-bond acceptors (Lipinski definition) is 6. The average molecular weight is 433 g/mol. The molecule has 5 rings (SSSR count). The summed E-state index contributed by atoms with van der Waals surface area (Å²) in [5, 5.41) is 3.81. The Kier molecular flexibility index (Phi) is 4.78. The summed E-state index contributed by atoms with van der Waals surface area (Å²) in [7, 11) is 0. The van der Waals surface area contributed by atoms with Gasteiger partial charge in [-0.25, -0.2) is 14.4 Å². The standard InChI is InChI=1S/C21H22ClFN4O3/c1-12(23)30-18-6-15(22)4-13-5-16(7-17(13)18)26-20-24-8-14(9-25-20)19(28)27-3-2-21(27)10-29-11-21/h4,6,8-9,12,16H,2-3,5,7,10-11H2,1H3,(H,24,25,26). The van der Waals surface area contributed by atoms with Crippen LogP contribution < -0.4 is 10.1 Å². The van der Waals surface area contributed by atoms with Gasteiger partial charge >= 0.3 is 0 Å². The van der Waals surface area contributed by atoms with Crippen molar-refractivity contribution in [2.45, 2.75) is 44.1 Å². The fourth-order valence-corrected chi connectivity index (χ4v) is 4.62. The fraction of sp³-hybridized carbons (Fsp3) is 0.476. The molecule has 1 aliphatic carbocycles. The monoisotopic (exact) mass is 432 g/mol. The van der Waals surface area contributed by atoms with E-state index in [0.717, 1.165) is 24.1 Å². The van der Waals surface area contributed by atoms with Gasteiger partial charge in [0.2, 0.25) is 12.3 Å². The van der Waals surface area contributed by atoms with Crippen LogP contribution in [0.3, 0.4) is 0 Å². The number of rotatable bonds is 5. The van der Waals surface area contributed by atoms with Crippen molar-refractivity contribution in [3.8, 4) is 5.75 Å². The number of nitrogens with zero attached hydrogens (tertiary/aromatic N) is 3. The van der Waals surface area contributed by atoms with Gasteiger partial charge < -0.3 is 19.7 Å². The molecule has 2 atom stereocenters. The van der Waals surface area contributed by atoms with Crippen LogP contribution in [0.15, 0.2) is 24.5 Å². The lowest BCUT2D eigenvalue weighted by molar-refractivity contribution is -0.172. The molecule has 0 bridgehead atoms. The second-order valence-corrected chi connectivity index (χ2v) is 8.61. The summed E-state index contributed by atoms with van der Waals surface area (Å²) in [6.45, 7) is 3.30. The molecule has 7 nitrogen and oxygen atoms in total. The Balaban J connectivity index is 1.25. The number of amides is 1. The number of benzene rings is 1. The minimum atomic E-state index is -1.41. The number of hydrogen-bond donors (Lipinski definition) is 1. The van der Waals surface area contributed by atoms with Crippen LogP contribution in [0.2, 0.25) is 5.02 Å². The van der Waals surface area contributed by atoms with Gasteiger partial charge in [0.1, 0.15) is 5.75 Å². The van der Waals surface area contributed by atoms with E-state index in [9.17, 15) is 9.18 Å². The van der Waals surface area contributed by atoms with Gasteiger partial charge in [-0.3, -0.25) is 4.79 Å². The van der Waals surface area contributed by atoms with Gasteiger partial charge in [0, 0.05) is 36.9 Å². The van der Waals surface area contributed by atoms with Gasteiger partial charge in [-0.15, -0.1) is 0 Å². The Bertz CT molecular complexity index is 975. The van der Waals surface area contributed by atoms with Gasteiger partial charge in [-0.1, -0.05) is 11.6 Å². The van der Waals surface area contributed by atoms with Gasteiger partial charge in [0.05, 0.1) is 24.3 Å². The summed E-state index contributed by atoms with van der Waals surface area (Å²) in [6.07, 6.45) is 4.04. The van der Waals surface area contributed by atoms with E-state index in [4.69, 9.17) is 21.1 Å². The third-order valence-electron chi connectivity index (χ3n) is 6.06. The predicted molar refractivity (Wildman–Crippen MR) is 109 cm³/mol. The molecule has 2 saturated heterocycles. The van der Waals surface area contributed by atoms with Gasteiger partial charge in [0.25, 0.3) is 5.91 Å². The Morgan fingerprint density at radius 3 is 2.73 bits per heavy atom. The second-order valence-electron chi connectivity index (χ2n) is 8.17. The van der Waals surface area contributed by atoms with Crippen LogP contribution in [0, 0.1) is 0 Å². The number of carbonyl (C=O) groups excluding carboxylic acids is 1. The van der Waals surface area contributed by atoms with E-state index < -0.39 is 6.36 Å². The van der Waals surface area contributed by atoms with Crippen molar-refractivity contribution >= 4 is 23.5 Å². The maximum Gasteiger partial charge on any atom is 0.257 e. The molecule has 2 aromatic rings. The van der Waals surface area contributed by atoms with Crippen LogP contribution in [0.5, 0.6) is 5.75 Å². The van der Waals surface area contributed by atoms with E-state index in [1.165, 1.54) is 6.92 Å². The van der Waals surface area contributed by atoms with Crippen molar-refractivity contribution in [2.75, 3.05) is 25.1 Å². The molecule has 1 amide bonds. The molecule has 1 aromatic heterocycles. The summed E-state index contributed by atoms with van der Waals surface area (Å²) in [5.74, 6) is 0.866. The summed E-state index contributed by atoms with van der Waals surface area (Å²) >= 11 is 6.15. The zero-order valence-corrected chi connectivity index (χ0v) is 17.3. The Morgan fingerprint density at radius 1 is 1.37 bits per heavy atom. The number of ether oxygens (including phenoxy) is 2. The Hall–Kier alpha value is -2.45. The SMILES string of the molecule is CC(F)Oc1cc(Cl)cc2c1CC(Nc1ncc(C(=O)N3CCC34COC4)cn1)C2. The number of fused-ring (bicyclic) bond motifs is 1. The van der Waals surface area contributed by atoms with E-state index in [1.807, 2.05) is 11.0 Å². The molecule has 1 aromatic carbocycles. The van der Waals surface area contributed by atoms with Crippen LogP contribution in [0.25, 0.3) is 0 Å². The predicted octanol–water partition coefficient (Wildman–Crippen LogP) is 3.02. The molecule has 3 aliphatic rings. The second kappa shape index (κ2) is 7.35. The van der Waals surface area contributed by atoms with Crippen molar-refractivity contribution in [3.05, 3.63) is 46.2 Å². The molecule has 0 saturated carbocycles. The summed E-state index contributed by atoms with van der Waals surface area (Å²) in [6, 6.07) is 3.55. The van der Waals surface area contributed by atoms with E-state index in [1.54, 1.807) is 18.5 Å². The molecule has 1 N–H and O–H groups in total. The van der Waals surface area contributed by atoms with Crippen LogP contribution in [-0.4, -0.2) is 58.5 Å². The summed E-state index contributed by atoms with van der Waals surface area (Å²) < 4.78 is 23.9. The van der Waals surface area contributed by atoms with E-state index >= 15 is 0 Å². The normalized spacial score (nSPS) is 22.1. The largest absolute Gasteiger partial charge is 0.460 e. The molecule has 1 spiro atoms. The van der Waals surface area contributed by atoms with Crippen molar-refractivity contribution < 1.29 is 18.7 Å². The van der Waals surface area contributed by atoms with Crippen molar-refractivity contribution in [1.82, 2.24) is 14.9 Å². The molecule has 3 heterocycles. The maximum atomic E-state index is 13.4. The lowest BCUT2D eigenvalue weighted by Gasteiger charge is -2.57. The smallest absolute Gasteiger partial charge is 0.257 e. The maximum absolute atomic E-state index is 13.4. The number of nitrogens with one attached hydrogen (secondary N) is 1. The highest BCUT2D eigenvalue weighted by Crippen LogP contribution is 2.38. The van der Waals surface area contributed by atoms with Crippen molar-refractivity contribution in [1.29, 1.82) is 0 Å². The van der Waals surface area contributed by atoms with Crippen molar-refractivity contribution in [3.63, 3.8) is 0 Å². The Labute approximate surface area is 178 Å². The zero-order chi connectivity index (χ0) is 20.9. The summed E-state index contributed by atoms with van der Waals surface area (Å²) in [5.41, 5.74) is 2.33. The number of halogens is 2. The highest BCUT2D eigenvalue weighted by atomic mass is 35.5. The highest BCUT2D eigenvalue weighted by molar-refractivity contribution is 6.30. The molecular formula is C21H22ClFN4O3.